The fourth-order valence-corrected chi connectivity index (χ4v) is 5.69. The van der Waals surface area contributed by atoms with Crippen LogP contribution in [0.1, 0.15) is 12.5 Å². The van der Waals surface area contributed by atoms with E-state index in [2.05, 4.69) is 10.4 Å². The summed E-state index contributed by atoms with van der Waals surface area (Å²) in [5, 5.41) is 8.38. The molecule has 2 aromatic heterocycles. The number of benzene rings is 1. The predicted molar refractivity (Wildman–Crippen MR) is 121 cm³/mol. The topological polar surface area (TPSA) is 97.9 Å². The number of rotatable bonds is 5. The van der Waals surface area contributed by atoms with Crippen LogP contribution < -0.4 is 11.0 Å². The van der Waals surface area contributed by atoms with Crippen LogP contribution in [-0.2, 0) is 20.9 Å². The summed E-state index contributed by atoms with van der Waals surface area (Å²) in [6, 6.07) is 9.71. The smallest absolute Gasteiger partial charge is 0.350 e. The van der Waals surface area contributed by atoms with Gasteiger partial charge in [-0.3, -0.25) is 9.59 Å². The van der Waals surface area contributed by atoms with Gasteiger partial charge in [0, 0.05) is 13.1 Å². The van der Waals surface area contributed by atoms with Crippen molar-refractivity contribution in [1.82, 2.24) is 24.4 Å². The van der Waals surface area contributed by atoms with Crippen molar-refractivity contribution in [2.75, 3.05) is 19.6 Å². The highest BCUT2D eigenvalue weighted by Gasteiger charge is 2.66. The number of amides is 2. The summed E-state index contributed by atoms with van der Waals surface area (Å²) in [7, 11) is 0. The summed E-state index contributed by atoms with van der Waals surface area (Å²) in [4.78, 5) is 40.8. The van der Waals surface area contributed by atoms with Crippen LogP contribution in [0.2, 0.25) is 0 Å². The van der Waals surface area contributed by atoms with Gasteiger partial charge in [-0.25, -0.2) is 13.9 Å². The van der Waals surface area contributed by atoms with Crippen LogP contribution in [-0.4, -0.2) is 62.2 Å². The third kappa shape index (κ3) is 2.75. The van der Waals surface area contributed by atoms with E-state index in [1.54, 1.807) is 9.30 Å². The molecule has 1 N–H and O–H groups in total. The summed E-state index contributed by atoms with van der Waals surface area (Å²) >= 11 is 0. The van der Waals surface area contributed by atoms with Crippen molar-refractivity contribution in [1.29, 1.82) is 0 Å². The first-order valence-electron chi connectivity index (χ1n) is 11.3. The average molecular weight is 447 g/mol. The van der Waals surface area contributed by atoms with Crippen molar-refractivity contribution >= 4 is 28.4 Å². The Balaban J connectivity index is 1.21. The van der Waals surface area contributed by atoms with E-state index in [-0.39, 0.29) is 36.7 Å². The van der Waals surface area contributed by atoms with Gasteiger partial charge in [0.2, 0.25) is 11.8 Å². The first-order valence-corrected chi connectivity index (χ1v) is 11.3. The molecule has 33 heavy (non-hydrogen) atoms. The zero-order valence-electron chi connectivity index (χ0n) is 18.5. The highest BCUT2D eigenvalue weighted by molar-refractivity contribution is 5.93. The number of fused-ring (bicyclic) bond motifs is 4. The fourth-order valence-electron chi connectivity index (χ4n) is 5.69. The molecule has 4 atom stereocenters. The molecular formula is C24H25N5O4. The first kappa shape index (κ1) is 20.2. The molecule has 0 unspecified atom stereocenters. The van der Waals surface area contributed by atoms with E-state index in [0.29, 0.717) is 18.7 Å². The van der Waals surface area contributed by atoms with Crippen molar-refractivity contribution in [2.45, 2.75) is 32.1 Å². The molecule has 0 saturated carbocycles. The van der Waals surface area contributed by atoms with E-state index in [0.717, 1.165) is 16.5 Å². The molecule has 3 aromatic rings. The zero-order chi connectivity index (χ0) is 22.9. The second kappa shape index (κ2) is 7.02. The molecule has 3 aliphatic heterocycles. The largest absolute Gasteiger partial charge is 0.360 e. The quantitative estimate of drug-likeness (QED) is 0.586. The van der Waals surface area contributed by atoms with Crippen LogP contribution in [0.3, 0.4) is 0 Å². The summed E-state index contributed by atoms with van der Waals surface area (Å²) < 4.78 is 9.09. The van der Waals surface area contributed by atoms with Gasteiger partial charge in [0.05, 0.1) is 36.5 Å². The molecule has 9 heteroatoms. The minimum Gasteiger partial charge on any atom is -0.360 e. The van der Waals surface area contributed by atoms with Crippen LogP contribution in [0.15, 0.2) is 47.3 Å². The summed E-state index contributed by atoms with van der Waals surface area (Å²) in [6.07, 6.45) is 3.46. The van der Waals surface area contributed by atoms with Crippen LogP contribution in [0.5, 0.6) is 0 Å². The van der Waals surface area contributed by atoms with Crippen LogP contribution in [0.25, 0.3) is 16.6 Å². The monoisotopic (exact) mass is 447 g/mol. The van der Waals surface area contributed by atoms with E-state index in [4.69, 9.17) is 4.74 Å². The molecule has 9 nitrogen and oxygen atoms in total. The lowest BCUT2D eigenvalue weighted by Gasteiger charge is -2.23. The Labute approximate surface area is 189 Å². The van der Waals surface area contributed by atoms with E-state index in [9.17, 15) is 14.4 Å². The van der Waals surface area contributed by atoms with Crippen molar-refractivity contribution < 1.29 is 14.3 Å². The number of carbonyl (C=O) groups excluding carboxylic acids is 2. The Hall–Kier alpha value is -3.46. The number of pyridine rings is 1. The highest BCUT2D eigenvalue weighted by atomic mass is 16.5. The Bertz CT molecular complexity index is 1410. The minimum absolute atomic E-state index is 0.0246. The van der Waals surface area contributed by atoms with Crippen molar-refractivity contribution in [3.8, 4) is 0 Å². The normalized spacial score (nSPS) is 27.8. The standard InChI is InChI=1S/C24H25N5O4/c1-3-27-13-24-9-8-17(33-24)18(19(24)22(27)31)21(30)25-10-11-28-23(32)29-16-7-5-4-6-15(16)12-14(2)20(29)26-28/h4-9,12,17-19H,3,10-11,13H2,1-2H3,(H,25,30)/t17-,18+,19+,24-/m1/s1. The third-order valence-electron chi connectivity index (χ3n) is 7.23. The lowest BCUT2D eigenvalue weighted by Crippen LogP contribution is -2.45. The second-order valence-electron chi connectivity index (χ2n) is 9.09. The van der Waals surface area contributed by atoms with Gasteiger partial charge in [0.25, 0.3) is 0 Å². The number of ether oxygens (including phenoxy) is 1. The first-order chi connectivity index (χ1) is 15.9. The van der Waals surface area contributed by atoms with Gasteiger partial charge in [0.1, 0.15) is 5.60 Å². The maximum atomic E-state index is 13.1. The number of hydrogen-bond donors (Lipinski definition) is 1. The molecule has 2 saturated heterocycles. The maximum absolute atomic E-state index is 13.1. The predicted octanol–water partition coefficient (Wildman–Crippen LogP) is 0.876. The van der Waals surface area contributed by atoms with Crippen LogP contribution in [0, 0.1) is 18.8 Å². The van der Waals surface area contributed by atoms with E-state index in [1.807, 2.05) is 56.3 Å². The van der Waals surface area contributed by atoms with Gasteiger partial charge in [0.15, 0.2) is 5.65 Å². The molecule has 2 bridgehead atoms. The average Bonchev–Trinajstić information content (AvgIpc) is 3.53. The zero-order valence-corrected chi connectivity index (χ0v) is 18.5. The molecule has 0 aliphatic carbocycles. The Morgan fingerprint density at radius 1 is 1.30 bits per heavy atom. The van der Waals surface area contributed by atoms with E-state index >= 15 is 0 Å². The number of carbonyl (C=O) groups is 2. The molecular weight excluding hydrogens is 422 g/mol. The van der Waals surface area contributed by atoms with Crippen molar-refractivity contribution in [3.63, 3.8) is 0 Å². The minimum atomic E-state index is -0.684. The summed E-state index contributed by atoms with van der Waals surface area (Å²) in [5.41, 5.74) is 1.39. The Morgan fingerprint density at radius 2 is 2.12 bits per heavy atom. The molecule has 5 heterocycles. The SMILES string of the molecule is CCN1C[C@@]23C=C[C@@H](O2)[C@H](C(=O)NCCn2nc4c(C)cc5ccccc5n4c2=O)[C@H]3C1=O. The molecule has 170 valence electrons. The van der Waals surface area contributed by atoms with Crippen molar-refractivity contribution in [3.05, 3.63) is 58.5 Å². The lowest BCUT2D eigenvalue weighted by atomic mass is 9.77. The Kier molecular flexibility index (Phi) is 4.29. The van der Waals surface area contributed by atoms with Gasteiger partial charge >= 0.3 is 5.69 Å². The van der Waals surface area contributed by atoms with Crippen molar-refractivity contribution in [2.24, 2.45) is 11.8 Å². The highest BCUT2D eigenvalue weighted by Crippen LogP contribution is 2.51. The lowest BCUT2D eigenvalue weighted by molar-refractivity contribution is -0.137. The third-order valence-corrected chi connectivity index (χ3v) is 7.23. The molecule has 1 aromatic carbocycles. The Morgan fingerprint density at radius 3 is 2.94 bits per heavy atom. The van der Waals surface area contributed by atoms with E-state index in [1.165, 1.54) is 4.68 Å². The fraction of sp³-hybridized carbons (Fsp3) is 0.417. The second-order valence-corrected chi connectivity index (χ2v) is 9.09. The summed E-state index contributed by atoms with van der Waals surface area (Å²) in [5.74, 6) is -1.29. The number of aryl methyl sites for hydroxylation is 1. The number of nitrogens with one attached hydrogen (secondary N) is 1. The number of hydrogen-bond acceptors (Lipinski definition) is 5. The molecule has 0 radical (unpaired) electrons. The molecule has 2 amide bonds. The number of likely N-dealkylation sites (tertiary alicyclic amines) is 1. The molecule has 6 rings (SSSR count). The molecule has 2 fully saturated rings. The van der Waals surface area contributed by atoms with Gasteiger partial charge in [-0.1, -0.05) is 30.4 Å². The summed E-state index contributed by atoms with van der Waals surface area (Å²) in [6.45, 7) is 5.41. The number of aromatic nitrogens is 3. The van der Waals surface area contributed by atoms with Crippen LogP contribution in [0.4, 0.5) is 0 Å². The van der Waals surface area contributed by atoms with Crippen LogP contribution >= 0.6 is 0 Å². The maximum Gasteiger partial charge on any atom is 0.350 e. The van der Waals surface area contributed by atoms with E-state index < -0.39 is 17.4 Å². The van der Waals surface area contributed by atoms with Gasteiger partial charge < -0.3 is 15.0 Å². The number of likely N-dealkylation sites (N-methyl/N-ethyl adjacent to an activating group) is 1. The van der Waals surface area contributed by atoms with Gasteiger partial charge in [-0.2, -0.15) is 0 Å². The van der Waals surface area contributed by atoms with Gasteiger partial charge in [-0.15, -0.1) is 5.10 Å². The molecule has 3 aliphatic rings. The van der Waals surface area contributed by atoms with Gasteiger partial charge in [-0.05, 0) is 36.9 Å². The number of nitrogens with zero attached hydrogens (tertiary/aromatic N) is 4. The number of para-hydroxylation sites is 1. The molecule has 1 spiro atoms.